The van der Waals surface area contributed by atoms with Crippen LogP contribution in [0.4, 0.5) is 5.69 Å². The number of pyridine rings is 1. The van der Waals surface area contributed by atoms with Crippen molar-refractivity contribution in [3.05, 3.63) is 58.9 Å². The van der Waals surface area contributed by atoms with Gasteiger partial charge in [0.25, 0.3) is 0 Å². The molecule has 0 fully saturated rings. The maximum absolute atomic E-state index is 5.81. The zero-order chi connectivity index (χ0) is 18.4. The van der Waals surface area contributed by atoms with Gasteiger partial charge in [-0.25, -0.2) is 4.98 Å². The molecule has 0 aliphatic carbocycles. The Kier molecular flexibility index (Phi) is 8.63. The van der Waals surface area contributed by atoms with Crippen LogP contribution < -0.4 is 15.5 Å². The molecule has 0 amide bonds. The lowest BCUT2D eigenvalue weighted by Crippen LogP contribution is -2.43. The van der Waals surface area contributed by atoms with E-state index in [-0.39, 0.29) is 24.0 Å². The van der Waals surface area contributed by atoms with E-state index in [0.717, 1.165) is 44.0 Å². The van der Waals surface area contributed by atoms with Crippen molar-refractivity contribution in [1.29, 1.82) is 0 Å². The summed E-state index contributed by atoms with van der Waals surface area (Å²) in [5.41, 5.74) is 3.96. The molecule has 27 heavy (non-hydrogen) atoms. The molecule has 2 N–H and O–H groups in total. The number of rotatable bonds is 6. The lowest BCUT2D eigenvalue weighted by Gasteiger charge is -2.25. The van der Waals surface area contributed by atoms with Gasteiger partial charge in [-0.15, -0.1) is 24.0 Å². The van der Waals surface area contributed by atoms with Crippen LogP contribution in [0, 0.1) is 0 Å². The van der Waals surface area contributed by atoms with E-state index < -0.39 is 0 Å². The molecule has 3 rings (SSSR count). The Balaban J connectivity index is 0.00000261. The zero-order valence-corrected chi connectivity index (χ0v) is 18.9. The summed E-state index contributed by atoms with van der Waals surface area (Å²) in [5, 5.41) is 7.28. The van der Waals surface area contributed by atoms with Gasteiger partial charge in [-0.1, -0.05) is 35.9 Å². The monoisotopic (exact) mass is 499 g/mol. The van der Waals surface area contributed by atoms with E-state index in [1.807, 2.05) is 18.3 Å². The van der Waals surface area contributed by atoms with Gasteiger partial charge in [-0.2, -0.15) is 0 Å². The summed E-state index contributed by atoms with van der Waals surface area (Å²) in [4.78, 5) is 10.9. The SMILES string of the molecule is CN=C(NCCc1ccc(Cl)nc1)NCCN1c2ccccc2CC1C.I. The first-order valence-corrected chi connectivity index (χ1v) is 9.44. The van der Waals surface area contributed by atoms with Gasteiger partial charge in [0.15, 0.2) is 5.96 Å². The normalized spacial score (nSPS) is 15.9. The average molecular weight is 500 g/mol. The number of nitrogens with one attached hydrogen (secondary N) is 2. The summed E-state index contributed by atoms with van der Waals surface area (Å²) in [6.07, 6.45) is 3.81. The molecule has 0 saturated carbocycles. The molecule has 146 valence electrons. The smallest absolute Gasteiger partial charge is 0.191 e. The molecule has 0 radical (unpaired) electrons. The van der Waals surface area contributed by atoms with Crippen LogP contribution in [-0.4, -0.2) is 43.7 Å². The maximum Gasteiger partial charge on any atom is 0.191 e. The van der Waals surface area contributed by atoms with Gasteiger partial charge in [0.2, 0.25) is 0 Å². The molecule has 1 unspecified atom stereocenters. The predicted molar refractivity (Wildman–Crippen MR) is 125 cm³/mol. The number of halogens is 2. The highest BCUT2D eigenvalue weighted by molar-refractivity contribution is 14.0. The number of hydrogen-bond donors (Lipinski definition) is 2. The molecule has 1 aromatic carbocycles. The Hall–Kier alpha value is -1.54. The minimum Gasteiger partial charge on any atom is -0.367 e. The van der Waals surface area contributed by atoms with Crippen molar-refractivity contribution in [3.8, 4) is 0 Å². The number of aromatic nitrogens is 1. The molecule has 1 aliphatic rings. The first-order valence-electron chi connectivity index (χ1n) is 9.07. The fourth-order valence-electron chi connectivity index (χ4n) is 3.37. The lowest BCUT2D eigenvalue weighted by atomic mass is 10.1. The minimum absolute atomic E-state index is 0. The number of fused-ring (bicyclic) bond motifs is 1. The molecular formula is C20H27ClIN5. The molecule has 0 bridgehead atoms. The summed E-state index contributed by atoms with van der Waals surface area (Å²) >= 11 is 5.81. The molecule has 1 aliphatic heterocycles. The molecule has 7 heteroatoms. The zero-order valence-electron chi connectivity index (χ0n) is 15.8. The third kappa shape index (κ3) is 5.97. The number of para-hydroxylation sites is 1. The van der Waals surface area contributed by atoms with E-state index in [1.54, 1.807) is 7.05 Å². The molecular weight excluding hydrogens is 473 g/mol. The van der Waals surface area contributed by atoms with E-state index in [4.69, 9.17) is 11.6 Å². The van der Waals surface area contributed by atoms with Crippen LogP contribution in [0.3, 0.4) is 0 Å². The fraction of sp³-hybridized carbons (Fsp3) is 0.400. The van der Waals surface area contributed by atoms with Gasteiger partial charge in [0, 0.05) is 44.6 Å². The van der Waals surface area contributed by atoms with Crippen LogP contribution in [0.15, 0.2) is 47.6 Å². The second-order valence-corrected chi connectivity index (χ2v) is 6.93. The standard InChI is InChI=1S/C20H26ClN5.HI/c1-15-13-17-5-3-4-6-18(17)26(15)12-11-24-20(22-2)23-10-9-16-7-8-19(21)25-14-16;/h3-8,14-15H,9-13H2,1-2H3,(H2,22,23,24);1H. The van der Waals surface area contributed by atoms with Crippen LogP contribution in [0.2, 0.25) is 5.15 Å². The van der Waals surface area contributed by atoms with Crippen LogP contribution in [0.1, 0.15) is 18.1 Å². The number of anilines is 1. The van der Waals surface area contributed by atoms with Gasteiger partial charge in [0.1, 0.15) is 5.15 Å². The summed E-state index contributed by atoms with van der Waals surface area (Å²) in [7, 11) is 1.80. The van der Waals surface area contributed by atoms with Gasteiger partial charge in [-0.05, 0) is 43.0 Å². The third-order valence-corrected chi connectivity index (χ3v) is 4.94. The Bertz CT molecular complexity index is 750. The minimum atomic E-state index is 0. The third-order valence-electron chi connectivity index (χ3n) is 4.71. The fourth-order valence-corrected chi connectivity index (χ4v) is 3.48. The van der Waals surface area contributed by atoms with E-state index in [0.29, 0.717) is 11.2 Å². The van der Waals surface area contributed by atoms with Crippen molar-refractivity contribution < 1.29 is 0 Å². The lowest BCUT2D eigenvalue weighted by molar-refractivity contribution is 0.656. The van der Waals surface area contributed by atoms with E-state index in [9.17, 15) is 0 Å². The topological polar surface area (TPSA) is 52.6 Å². The highest BCUT2D eigenvalue weighted by atomic mass is 127. The quantitative estimate of drug-likeness (QED) is 0.276. The second-order valence-electron chi connectivity index (χ2n) is 6.54. The number of nitrogens with zero attached hydrogens (tertiary/aromatic N) is 3. The molecule has 2 heterocycles. The van der Waals surface area contributed by atoms with Crippen LogP contribution in [-0.2, 0) is 12.8 Å². The van der Waals surface area contributed by atoms with Gasteiger partial charge >= 0.3 is 0 Å². The van der Waals surface area contributed by atoms with Crippen molar-refractivity contribution in [1.82, 2.24) is 15.6 Å². The summed E-state index contributed by atoms with van der Waals surface area (Å²) < 4.78 is 0. The van der Waals surface area contributed by atoms with E-state index >= 15 is 0 Å². The largest absolute Gasteiger partial charge is 0.367 e. The van der Waals surface area contributed by atoms with Gasteiger partial charge < -0.3 is 15.5 Å². The van der Waals surface area contributed by atoms with Gasteiger partial charge in [0.05, 0.1) is 0 Å². The Morgan fingerprint density at radius 1 is 1.22 bits per heavy atom. The summed E-state index contributed by atoms with van der Waals surface area (Å²) in [5.74, 6) is 0.826. The first kappa shape index (κ1) is 21.8. The van der Waals surface area contributed by atoms with Crippen LogP contribution in [0.5, 0.6) is 0 Å². The Morgan fingerprint density at radius 3 is 2.74 bits per heavy atom. The molecule has 0 spiro atoms. The Morgan fingerprint density at radius 2 is 2.00 bits per heavy atom. The number of hydrogen-bond acceptors (Lipinski definition) is 3. The Labute approximate surface area is 183 Å². The van der Waals surface area contributed by atoms with Crippen molar-refractivity contribution in [2.75, 3.05) is 31.6 Å². The number of aliphatic imine (C=N–C) groups is 1. The predicted octanol–water partition coefficient (Wildman–Crippen LogP) is 3.51. The molecule has 1 aromatic heterocycles. The van der Waals surface area contributed by atoms with Crippen molar-refractivity contribution in [2.24, 2.45) is 4.99 Å². The van der Waals surface area contributed by atoms with Crippen LogP contribution in [0.25, 0.3) is 0 Å². The first-order chi connectivity index (χ1) is 12.7. The van der Waals surface area contributed by atoms with Crippen molar-refractivity contribution >= 4 is 47.2 Å². The van der Waals surface area contributed by atoms with Crippen molar-refractivity contribution in [3.63, 3.8) is 0 Å². The number of guanidine groups is 1. The summed E-state index contributed by atoms with van der Waals surface area (Å²) in [6, 6.07) is 13.0. The van der Waals surface area contributed by atoms with Gasteiger partial charge in [-0.3, -0.25) is 4.99 Å². The van der Waals surface area contributed by atoms with Crippen molar-refractivity contribution in [2.45, 2.75) is 25.8 Å². The van der Waals surface area contributed by atoms with Crippen LogP contribution >= 0.6 is 35.6 Å². The summed E-state index contributed by atoms with van der Waals surface area (Å²) in [6.45, 7) is 4.89. The molecule has 2 aromatic rings. The highest BCUT2D eigenvalue weighted by Crippen LogP contribution is 2.31. The highest BCUT2D eigenvalue weighted by Gasteiger charge is 2.24. The maximum atomic E-state index is 5.81. The second kappa shape index (κ2) is 10.7. The molecule has 0 saturated heterocycles. The van der Waals surface area contributed by atoms with E-state index in [1.165, 1.54) is 11.3 Å². The molecule has 1 atom stereocenters. The average Bonchev–Trinajstić information content (AvgIpc) is 2.97. The number of benzene rings is 1. The van der Waals surface area contributed by atoms with E-state index in [2.05, 4.69) is 56.7 Å². The molecule has 5 nitrogen and oxygen atoms in total.